The maximum absolute atomic E-state index is 9.91. The van der Waals surface area contributed by atoms with Crippen LogP contribution in [0.5, 0.6) is 0 Å². The smallest absolute Gasteiger partial charge is 0.153 e. The molecule has 0 aromatic carbocycles. The van der Waals surface area contributed by atoms with Gasteiger partial charge in [-0.25, -0.2) is 4.98 Å². The van der Waals surface area contributed by atoms with Gasteiger partial charge in [-0.3, -0.25) is 0 Å². The van der Waals surface area contributed by atoms with Gasteiger partial charge >= 0.3 is 0 Å². The molecular weight excluding hydrogens is 190 g/mol. The third-order valence-corrected chi connectivity index (χ3v) is 2.32. The van der Waals surface area contributed by atoms with E-state index in [4.69, 9.17) is 17.3 Å². The average molecular weight is 204 g/mol. The molecule has 4 nitrogen and oxygen atoms in total. The molecule has 0 bridgehead atoms. The molecule has 0 aliphatic rings. The van der Waals surface area contributed by atoms with Crippen molar-refractivity contribution < 1.29 is 5.11 Å². The maximum atomic E-state index is 9.91. The van der Waals surface area contributed by atoms with Crippen LogP contribution in [-0.4, -0.2) is 21.2 Å². The van der Waals surface area contributed by atoms with Crippen LogP contribution in [0.3, 0.4) is 0 Å². The van der Waals surface area contributed by atoms with Crippen molar-refractivity contribution in [3.63, 3.8) is 0 Å². The first-order valence-electron chi connectivity index (χ1n) is 4.16. The summed E-state index contributed by atoms with van der Waals surface area (Å²) in [5, 5.41) is 10.2. The van der Waals surface area contributed by atoms with E-state index in [0.717, 1.165) is 0 Å². The Morgan fingerprint density at radius 1 is 1.77 bits per heavy atom. The van der Waals surface area contributed by atoms with Crippen molar-refractivity contribution in [1.29, 1.82) is 0 Å². The van der Waals surface area contributed by atoms with Crippen LogP contribution < -0.4 is 5.73 Å². The minimum absolute atomic E-state index is 0.123. The number of nitrogens with zero attached hydrogens (tertiary/aromatic N) is 2. The molecule has 0 radical (unpaired) electrons. The molecule has 0 saturated carbocycles. The lowest BCUT2D eigenvalue weighted by Gasteiger charge is -2.22. The monoisotopic (exact) mass is 203 g/mol. The van der Waals surface area contributed by atoms with E-state index >= 15 is 0 Å². The molecule has 1 unspecified atom stereocenters. The number of hydrogen-bond donors (Lipinski definition) is 2. The lowest BCUT2D eigenvalue weighted by molar-refractivity contribution is 0.0585. The Morgan fingerprint density at radius 2 is 2.38 bits per heavy atom. The zero-order chi connectivity index (χ0) is 10.1. The van der Waals surface area contributed by atoms with Crippen molar-refractivity contribution in [1.82, 2.24) is 9.55 Å². The summed E-state index contributed by atoms with van der Waals surface area (Å²) >= 11 is 5.84. The molecule has 1 heterocycles. The standard InChI is InChI=1S/C8H14ClN3O/c1-3-12-5-11-7(9)6(12)8(2,13)4-10/h5,13H,3-4,10H2,1-2H3. The fourth-order valence-electron chi connectivity index (χ4n) is 1.23. The van der Waals surface area contributed by atoms with E-state index < -0.39 is 5.60 Å². The van der Waals surface area contributed by atoms with Crippen LogP contribution in [-0.2, 0) is 12.1 Å². The second-order valence-corrected chi connectivity index (χ2v) is 3.51. The van der Waals surface area contributed by atoms with Gasteiger partial charge in [0.05, 0.1) is 12.0 Å². The Labute approximate surface area is 82.3 Å². The second-order valence-electron chi connectivity index (χ2n) is 3.15. The van der Waals surface area contributed by atoms with Gasteiger partial charge in [0.15, 0.2) is 5.15 Å². The molecule has 5 heteroatoms. The van der Waals surface area contributed by atoms with Gasteiger partial charge in [-0.05, 0) is 13.8 Å². The van der Waals surface area contributed by atoms with Gasteiger partial charge in [0, 0.05) is 13.1 Å². The van der Waals surface area contributed by atoms with Crippen molar-refractivity contribution in [2.45, 2.75) is 26.0 Å². The lowest BCUT2D eigenvalue weighted by Crippen LogP contribution is -2.33. The Balaban J connectivity index is 3.18. The fourth-order valence-corrected chi connectivity index (χ4v) is 1.58. The summed E-state index contributed by atoms with van der Waals surface area (Å²) in [6.45, 7) is 4.42. The Kier molecular flexibility index (Phi) is 2.95. The van der Waals surface area contributed by atoms with E-state index in [1.807, 2.05) is 6.92 Å². The number of aromatic nitrogens is 2. The average Bonchev–Trinajstić information content (AvgIpc) is 2.47. The minimum atomic E-state index is -1.11. The van der Waals surface area contributed by atoms with E-state index in [0.29, 0.717) is 17.4 Å². The van der Waals surface area contributed by atoms with E-state index in [2.05, 4.69) is 4.98 Å². The van der Waals surface area contributed by atoms with Crippen LogP contribution >= 0.6 is 11.6 Å². The third kappa shape index (κ3) is 1.85. The van der Waals surface area contributed by atoms with E-state index in [1.54, 1.807) is 17.8 Å². The van der Waals surface area contributed by atoms with Crippen molar-refractivity contribution in [2.24, 2.45) is 5.73 Å². The molecular formula is C8H14ClN3O. The second kappa shape index (κ2) is 3.65. The van der Waals surface area contributed by atoms with Crippen LogP contribution in [0.25, 0.3) is 0 Å². The molecule has 0 aliphatic carbocycles. The number of aliphatic hydroxyl groups is 1. The third-order valence-electron chi connectivity index (χ3n) is 2.04. The first-order valence-corrected chi connectivity index (χ1v) is 4.54. The quantitative estimate of drug-likeness (QED) is 0.761. The Hall–Kier alpha value is -0.580. The summed E-state index contributed by atoms with van der Waals surface area (Å²) < 4.78 is 1.79. The van der Waals surface area contributed by atoms with E-state index in [-0.39, 0.29) is 6.54 Å². The van der Waals surface area contributed by atoms with Crippen molar-refractivity contribution in [2.75, 3.05) is 6.54 Å². The zero-order valence-corrected chi connectivity index (χ0v) is 8.54. The van der Waals surface area contributed by atoms with Crippen LogP contribution in [0.4, 0.5) is 0 Å². The van der Waals surface area contributed by atoms with Gasteiger partial charge in [-0.1, -0.05) is 11.6 Å². The van der Waals surface area contributed by atoms with Gasteiger partial charge in [-0.15, -0.1) is 0 Å². The summed E-state index contributed by atoms with van der Waals surface area (Å²) in [6.07, 6.45) is 1.60. The summed E-state index contributed by atoms with van der Waals surface area (Å²) in [7, 11) is 0. The number of nitrogens with two attached hydrogens (primary N) is 1. The molecule has 13 heavy (non-hydrogen) atoms. The highest BCUT2D eigenvalue weighted by atomic mass is 35.5. The molecule has 1 aromatic rings. The maximum Gasteiger partial charge on any atom is 0.153 e. The summed E-state index contributed by atoms with van der Waals surface area (Å²) in [6, 6.07) is 0. The molecule has 74 valence electrons. The molecule has 0 spiro atoms. The van der Waals surface area contributed by atoms with Gasteiger partial charge in [0.2, 0.25) is 0 Å². The van der Waals surface area contributed by atoms with Crippen LogP contribution in [0.15, 0.2) is 6.33 Å². The molecule has 1 atom stereocenters. The molecule has 3 N–H and O–H groups in total. The largest absolute Gasteiger partial charge is 0.382 e. The normalized spacial score (nSPS) is 15.8. The number of halogens is 1. The first kappa shape index (κ1) is 10.5. The predicted molar refractivity (Wildman–Crippen MR) is 51.5 cm³/mol. The van der Waals surface area contributed by atoms with E-state index in [9.17, 15) is 5.11 Å². The van der Waals surface area contributed by atoms with Gasteiger partial charge in [0.1, 0.15) is 5.60 Å². The van der Waals surface area contributed by atoms with Crippen molar-refractivity contribution in [3.05, 3.63) is 17.2 Å². The molecule has 1 aromatic heterocycles. The zero-order valence-electron chi connectivity index (χ0n) is 7.79. The summed E-state index contributed by atoms with van der Waals surface area (Å²) in [4.78, 5) is 3.91. The van der Waals surface area contributed by atoms with Gasteiger partial charge in [-0.2, -0.15) is 0 Å². The Bertz CT molecular complexity index is 296. The predicted octanol–water partition coefficient (Wildman–Crippen LogP) is 0.723. The minimum Gasteiger partial charge on any atom is -0.382 e. The van der Waals surface area contributed by atoms with Crippen LogP contribution in [0, 0.1) is 0 Å². The summed E-state index contributed by atoms with van der Waals surface area (Å²) in [5.41, 5.74) is 4.92. The highest BCUT2D eigenvalue weighted by molar-refractivity contribution is 6.30. The highest BCUT2D eigenvalue weighted by Crippen LogP contribution is 2.26. The number of rotatable bonds is 3. The molecule has 0 amide bonds. The van der Waals surface area contributed by atoms with E-state index in [1.165, 1.54) is 0 Å². The molecule has 1 rings (SSSR count). The van der Waals surface area contributed by atoms with Gasteiger partial charge < -0.3 is 15.4 Å². The first-order chi connectivity index (χ1) is 6.03. The molecule has 0 saturated heterocycles. The van der Waals surface area contributed by atoms with Crippen LogP contribution in [0.1, 0.15) is 19.5 Å². The van der Waals surface area contributed by atoms with Crippen molar-refractivity contribution >= 4 is 11.6 Å². The SMILES string of the molecule is CCn1cnc(Cl)c1C(C)(O)CN. The fraction of sp³-hybridized carbons (Fsp3) is 0.625. The van der Waals surface area contributed by atoms with Gasteiger partial charge in [0.25, 0.3) is 0 Å². The topological polar surface area (TPSA) is 64.1 Å². The number of aryl methyl sites for hydroxylation is 1. The number of imidazole rings is 1. The molecule has 0 fully saturated rings. The van der Waals surface area contributed by atoms with Crippen LogP contribution in [0.2, 0.25) is 5.15 Å². The summed E-state index contributed by atoms with van der Waals surface area (Å²) in [5.74, 6) is 0. The van der Waals surface area contributed by atoms with Crippen molar-refractivity contribution in [3.8, 4) is 0 Å². The lowest BCUT2D eigenvalue weighted by atomic mass is 10.0. The highest BCUT2D eigenvalue weighted by Gasteiger charge is 2.28. The Morgan fingerprint density at radius 3 is 2.85 bits per heavy atom. The number of hydrogen-bond acceptors (Lipinski definition) is 3. The molecule has 0 aliphatic heterocycles.